The molecule has 1 N–H and O–H groups in total. The molecule has 1 heterocycles. The number of rotatable bonds is 4. The molecule has 128 valence electrons. The molecule has 0 spiro atoms. The van der Waals surface area contributed by atoms with E-state index in [4.69, 9.17) is 4.74 Å². The lowest BCUT2D eigenvalue weighted by molar-refractivity contribution is 0.372. The minimum Gasteiger partial charge on any atom is -0.497 e. The van der Waals surface area contributed by atoms with E-state index in [1.807, 2.05) is 19.2 Å². The van der Waals surface area contributed by atoms with Crippen LogP contribution < -0.4 is 15.0 Å². The second-order valence-electron chi connectivity index (χ2n) is 6.04. The van der Waals surface area contributed by atoms with Crippen molar-refractivity contribution in [2.45, 2.75) is 12.8 Å². The van der Waals surface area contributed by atoms with Gasteiger partial charge in [-0.3, -0.25) is 4.99 Å². The topological polar surface area (TPSA) is 40.1 Å². The number of nitrogens with zero attached hydrogens (tertiary/aromatic N) is 3. The second-order valence-corrected chi connectivity index (χ2v) is 6.04. The molecule has 1 aromatic carbocycles. The second kappa shape index (κ2) is 8.61. The summed E-state index contributed by atoms with van der Waals surface area (Å²) >= 11 is 0. The number of ether oxygens (including phenoxy) is 1. The van der Waals surface area contributed by atoms with Crippen molar-refractivity contribution < 1.29 is 4.74 Å². The molecular formula is C17H27IN4O. The van der Waals surface area contributed by atoms with Crippen LogP contribution in [0.4, 0.5) is 5.69 Å². The molecule has 0 aromatic heterocycles. The minimum absolute atomic E-state index is 0. The molecule has 2 aliphatic rings. The molecule has 5 nitrogen and oxygen atoms in total. The van der Waals surface area contributed by atoms with Crippen molar-refractivity contribution in [2.24, 2.45) is 10.9 Å². The Labute approximate surface area is 156 Å². The summed E-state index contributed by atoms with van der Waals surface area (Å²) in [5, 5.41) is 3.51. The number of benzene rings is 1. The highest BCUT2D eigenvalue weighted by molar-refractivity contribution is 14.0. The van der Waals surface area contributed by atoms with Gasteiger partial charge in [0.15, 0.2) is 5.96 Å². The molecule has 0 unspecified atom stereocenters. The standard InChI is InChI=1S/C17H26N4O.HI/c1-18-17(19-13-14-3-4-14)21-11-9-20(10-12-21)15-5-7-16(22-2)8-6-15;/h5-8,14H,3-4,9-13H2,1-2H3,(H,18,19);1H. The number of hydrogen-bond donors (Lipinski definition) is 1. The zero-order chi connectivity index (χ0) is 15.4. The van der Waals surface area contributed by atoms with Crippen LogP contribution >= 0.6 is 24.0 Å². The van der Waals surface area contributed by atoms with Gasteiger partial charge in [-0.2, -0.15) is 0 Å². The predicted octanol–water partition coefficient (Wildman–Crippen LogP) is 2.42. The van der Waals surface area contributed by atoms with Crippen molar-refractivity contribution in [2.75, 3.05) is 51.8 Å². The summed E-state index contributed by atoms with van der Waals surface area (Å²) in [4.78, 5) is 9.21. The smallest absolute Gasteiger partial charge is 0.193 e. The lowest BCUT2D eigenvalue weighted by Gasteiger charge is -2.37. The highest BCUT2D eigenvalue weighted by Gasteiger charge is 2.24. The fourth-order valence-electron chi connectivity index (χ4n) is 2.86. The highest BCUT2D eigenvalue weighted by Crippen LogP contribution is 2.27. The average Bonchev–Trinajstić information content (AvgIpc) is 3.40. The van der Waals surface area contributed by atoms with Crippen molar-refractivity contribution >= 4 is 35.6 Å². The molecule has 0 bridgehead atoms. The number of anilines is 1. The molecule has 1 saturated carbocycles. The first-order valence-electron chi connectivity index (χ1n) is 8.14. The summed E-state index contributed by atoms with van der Waals surface area (Å²) in [6.07, 6.45) is 2.74. The third-order valence-corrected chi connectivity index (χ3v) is 4.47. The molecule has 2 fully saturated rings. The van der Waals surface area contributed by atoms with E-state index < -0.39 is 0 Å². The Kier molecular flexibility index (Phi) is 6.80. The number of halogens is 1. The van der Waals surface area contributed by atoms with Gasteiger partial charge in [-0.15, -0.1) is 24.0 Å². The average molecular weight is 430 g/mol. The molecule has 0 atom stereocenters. The third kappa shape index (κ3) is 4.89. The van der Waals surface area contributed by atoms with Crippen LogP contribution in [0.5, 0.6) is 5.75 Å². The first-order chi connectivity index (χ1) is 10.8. The van der Waals surface area contributed by atoms with Gasteiger partial charge < -0.3 is 19.9 Å². The monoisotopic (exact) mass is 430 g/mol. The zero-order valence-electron chi connectivity index (χ0n) is 14.0. The zero-order valence-corrected chi connectivity index (χ0v) is 16.3. The van der Waals surface area contributed by atoms with E-state index in [0.29, 0.717) is 0 Å². The van der Waals surface area contributed by atoms with Gasteiger partial charge in [-0.1, -0.05) is 0 Å². The van der Waals surface area contributed by atoms with Crippen LogP contribution in [-0.4, -0.2) is 57.7 Å². The van der Waals surface area contributed by atoms with Crippen LogP contribution in [0.2, 0.25) is 0 Å². The Morgan fingerprint density at radius 3 is 2.35 bits per heavy atom. The van der Waals surface area contributed by atoms with Crippen LogP contribution in [0.15, 0.2) is 29.3 Å². The summed E-state index contributed by atoms with van der Waals surface area (Å²) in [5.74, 6) is 2.84. The van der Waals surface area contributed by atoms with E-state index >= 15 is 0 Å². The number of methoxy groups -OCH3 is 1. The summed E-state index contributed by atoms with van der Waals surface area (Å²) in [6, 6.07) is 8.32. The maximum absolute atomic E-state index is 5.22. The van der Waals surface area contributed by atoms with E-state index in [9.17, 15) is 0 Å². The van der Waals surface area contributed by atoms with Gasteiger partial charge in [0.2, 0.25) is 0 Å². The molecule has 1 aliphatic heterocycles. The maximum Gasteiger partial charge on any atom is 0.193 e. The Morgan fingerprint density at radius 1 is 1.17 bits per heavy atom. The number of guanidine groups is 1. The Hall–Kier alpha value is -1.18. The molecule has 3 rings (SSSR count). The van der Waals surface area contributed by atoms with Crippen LogP contribution in [0.3, 0.4) is 0 Å². The summed E-state index contributed by atoms with van der Waals surface area (Å²) in [7, 11) is 3.58. The van der Waals surface area contributed by atoms with Gasteiger partial charge in [-0.05, 0) is 43.0 Å². The quantitative estimate of drug-likeness (QED) is 0.453. The van der Waals surface area contributed by atoms with E-state index in [0.717, 1.165) is 50.4 Å². The van der Waals surface area contributed by atoms with Crippen molar-refractivity contribution in [3.05, 3.63) is 24.3 Å². The molecule has 0 radical (unpaired) electrons. The van der Waals surface area contributed by atoms with Gasteiger partial charge in [0, 0.05) is 45.5 Å². The Balaban J connectivity index is 0.00000192. The lowest BCUT2D eigenvalue weighted by Crippen LogP contribution is -2.52. The highest BCUT2D eigenvalue weighted by atomic mass is 127. The number of piperazine rings is 1. The lowest BCUT2D eigenvalue weighted by atomic mass is 10.2. The van der Waals surface area contributed by atoms with Crippen LogP contribution in [-0.2, 0) is 0 Å². The molecule has 1 saturated heterocycles. The van der Waals surface area contributed by atoms with E-state index in [2.05, 4.69) is 32.2 Å². The molecule has 1 aliphatic carbocycles. The van der Waals surface area contributed by atoms with Gasteiger partial charge >= 0.3 is 0 Å². The summed E-state index contributed by atoms with van der Waals surface area (Å²) in [5.41, 5.74) is 1.27. The van der Waals surface area contributed by atoms with E-state index in [1.165, 1.54) is 18.5 Å². The van der Waals surface area contributed by atoms with Crippen molar-refractivity contribution in [3.63, 3.8) is 0 Å². The van der Waals surface area contributed by atoms with Crippen LogP contribution in [0, 0.1) is 5.92 Å². The molecule has 1 aromatic rings. The van der Waals surface area contributed by atoms with Crippen molar-refractivity contribution in [1.82, 2.24) is 10.2 Å². The normalized spacial score (nSPS) is 18.4. The third-order valence-electron chi connectivity index (χ3n) is 4.47. The first kappa shape index (κ1) is 18.2. The maximum atomic E-state index is 5.22. The molecule has 6 heteroatoms. The predicted molar refractivity (Wildman–Crippen MR) is 106 cm³/mol. The fourth-order valence-corrected chi connectivity index (χ4v) is 2.86. The van der Waals surface area contributed by atoms with Crippen molar-refractivity contribution in [1.29, 1.82) is 0 Å². The van der Waals surface area contributed by atoms with Crippen molar-refractivity contribution in [3.8, 4) is 5.75 Å². The minimum atomic E-state index is 0. The summed E-state index contributed by atoms with van der Waals surface area (Å²) < 4.78 is 5.22. The van der Waals surface area contributed by atoms with E-state index in [1.54, 1.807) is 7.11 Å². The number of aliphatic imine (C=N–C) groups is 1. The van der Waals surface area contributed by atoms with Gasteiger partial charge in [-0.25, -0.2) is 0 Å². The molecule has 23 heavy (non-hydrogen) atoms. The summed E-state index contributed by atoms with van der Waals surface area (Å²) in [6.45, 7) is 5.14. The van der Waals surface area contributed by atoms with Crippen LogP contribution in [0.25, 0.3) is 0 Å². The van der Waals surface area contributed by atoms with E-state index in [-0.39, 0.29) is 24.0 Å². The first-order valence-corrected chi connectivity index (χ1v) is 8.14. The SMILES string of the molecule is CN=C(NCC1CC1)N1CCN(c2ccc(OC)cc2)CC1.I. The van der Waals surface area contributed by atoms with Crippen LogP contribution in [0.1, 0.15) is 12.8 Å². The van der Waals surface area contributed by atoms with Gasteiger partial charge in [0.1, 0.15) is 5.75 Å². The van der Waals surface area contributed by atoms with Gasteiger partial charge in [0.05, 0.1) is 7.11 Å². The Bertz CT molecular complexity index is 508. The molecular weight excluding hydrogens is 403 g/mol. The fraction of sp³-hybridized carbons (Fsp3) is 0.588. The Morgan fingerprint density at radius 2 is 1.83 bits per heavy atom. The van der Waals surface area contributed by atoms with Gasteiger partial charge in [0.25, 0.3) is 0 Å². The largest absolute Gasteiger partial charge is 0.497 e. The number of hydrogen-bond acceptors (Lipinski definition) is 3. The number of nitrogens with one attached hydrogen (secondary N) is 1. The molecule has 0 amide bonds.